The molecule has 0 amide bonds. The first-order valence-corrected chi connectivity index (χ1v) is 5.57. The number of nitrogens with one attached hydrogen (secondary N) is 1. The van der Waals surface area contributed by atoms with Crippen molar-refractivity contribution in [1.29, 1.82) is 0 Å². The molecular formula is C11H20N4O. The lowest BCUT2D eigenvalue weighted by Crippen LogP contribution is -2.42. The molecule has 90 valence electrons. The normalized spacial score (nSPS) is 14.2. The lowest BCUT2D eigenvalue weighted by atomic mass is 10.00. The van der Waals surface area contributed by atoms with Gasteiger partial charge in [0.05, 0.1) is 6.61 Å². The summed E-state index contributed by atoms with van der Waals surface area (Å²) in [7, 11) is 0. The average molecular weight is 224 g/mol. The van der Waals surface area contributed by atoms with E-state index in [0.29, 0.717) is 25.0 Å². The molecule has 16 heavy (non-hydrogen) atoms. The van der Waals surface area contributed by atoms with E-state index in [2.05, 4.69) is 22.2 Å². The Kier molecular flexibility index (Phi) is 4.49. The van der Waals surface area contributed by atoms with Crippen LogP contribution in [0, 0.1) is 0 Å². The van der Waals surface area contributed by atoms with Crippen LogP contribution in [0.1, 0.15) is 27.2 Å². The number of hydrogen-bond acceptors (Lipinski definition) is 5. The molecular weight excluding hydrogens is 204 g/mol. The molecule has 0 spiro atoms. The monoisotopic (exact) mass is 224 g/mol. The van der Waals surface area contributed by atoms with Crippen molar-refractivity contribution in [3.63, 3.8) is 0 Å². The van der Waals surface area contributed by atoms with Gasteiger partial charge in [0.15, 0.2) is 0 Å². The van der Waals surface area contributed by atoms with Crippen molar-refractivity contribution in [1.82, 2.24) is 9.97 Å². The second kappa shape index (κ2) is 5.65. The van der Waals surface area contributed by atoms with Crippen molar-refractivity contribution in [2.75, 3.05) is 18.5 Å². The summed E-state index contributed by atoms with van der Waals surface area (Å²) in [6.45, 7) is 7.17. The van der Waals surface area contributed by atoms with E-state index >= 15 is 0 Å². The van der Waals surface area contributed by atoms with Gasteiger partial charge in [-0.3, -0.25) is 0 Å². The number of ether oxygens (including phenoxy) is 1. The van der Waals surface area contributed by atoms with E-state index in [1.165, 1.54) is 0 Å². The van der Waals surface area contributed by atoms with Gasteiger partial charge < -0.3 is 15.8 Å². The number of rotatable bonds is 6. The van der Waals surface area contributed by atoms with E-state index in [9.17, 15) is 0 Å². The summed E-state index contributed by atoms with van der Waals surface area (Å²) in [6, 6.07) is 1.74. The molecule has 0 saturated carbocycles. The molecule has 0 radical (unpaired) electrons. The standard InChI is InChI=1S/C11H20N4O/c1-4-11(3,8-12)15-10-13-7-6-9(14-10)16-5-2/h6-7H,4-5,8,12H2,1-3H3,(H,13,14,15). The first-order chi connectivity index (χ1) is 7.63. The lowest BCUT2D eigenvalue weighted by molar-refractivity contribution is 0.326. The molecule has 0 fully saturated rings. The van der Waals surface area contributed by atoms with E-state index < -0.39 is 0 Å². The molecule has 1 aromatic heterocycles. The fourth-order valence-electron chi connectivity index (χ4n) is 1.18. The zero-order chi connectivity index (χ0) is 12.0. The van der Waals surface area contributed by atoms with Crippen LogP contribution in [0.5, 0.6) is 5.88 Å². The fourth-order valence-corrected chi connectivity index (χ4v) is 1.18. The van der Waals surface area contributed by atoms with Crippen molar-refractivity contribution in [3.05, 3.63) is 12.3 Å². The number of aromatic nitrogens is 2. The maximum atomic E-state index is 5.71. The van der Waals surface area contributed by atoms with E-state index in [-0.39, 0.29) is 5.54 Å². The Morgan fingerprint density at radius 2 is 2.25 bits per heavy atom. The topological polar surface area (TPSA) is 73.1 Å². The molecule has 5 nitrogen and oxygen atoms in total. The van der Waals surface area contributed by atoms with E-state index in [1.54, 1.807) is 12.3 Å². The second-order valence-corrected chi connectivity index (χ2v) is 3.89. The smallest absolute Gasteiger partial charge is 0.226 e. The number of hydrogen-bond donors (Lipinski definition) is 2. The highest BCUT2D eigenvalue weighted by Gasteiger charge is 2.20. The predicted octanol–water partition coefficient (Wildman–Crippen LogP) is 1.41. The van der Waals surface area contributed by atoms with Crippen molar-refractivity contribution in [2.45, 2.75) is 32.7 Å². The molecule has 0 aliphatic carbocycles. The summed E-state index contributed by atoms with van der Waals surface area (Å²) in [5.74, 6) is 1.14. The third-order valence-electron chi connectivity index (χ3n) is 2.57. The number of nitrogens with zero attached hydrogens (tertiary/aromatic N) is 2. The molecule has 0 aromatic carbocycles. The van der Waals surface area contributed by atoms with Gasteiger partial charge in [-0.2, -0.15) is 4.98 Å². The zero-order valence-corrected chi connectivity index (χ0v) is 10.2. The minimum absolute atomic E-state index is 0.176. The van der Waals surface area contributed by atoms with Gasteiger partial charge in [-0.15, -0.1) is 0 Å². The minimum Gasteiger partial charge on any atom is -0.478 e. The summed E-state index contributed by atoms with van der Waals surface area (Å²) < 4.78 is 5.31. The Hall–Kier alpha value is -1.36. The summed E-state index contributed by atoms with van der Waals surface area (Å²) >= 11 is 0. The van der Waals surface area contributed by atoms with Crippen LogP contribution in [-0.2, 0) is 0 Å². The van der Waals surface area contributed by atoms with E-state index in [4.69, 9.17) is 10.5 Å². The molecule has 0 aliphatic rings. The van der Waals surface area contributed by atoms with Gasteiger partial charge >= 0.3 is 0 Å². The first-order valence-electron chi connectivity index (χ1n) is 5.57. The molecule has 1 aromatic rings. The van der Waals surface area contributed by atoms with E-state index in [0.717, 1.165) is 6.42 Å². The Morgan fingerprint density at radius 3 is 2.81 bits per heavy atom. The van der Waals surface area contributed by atoms with Crippen LogP contribution >= 0.6 is 0 Å². The minimum atomic E-state index is -0.176. The third-order valence-corrected chi connectivity index (χ3v) is 2.57. The molecule has 1 heterocycles. The lowest BCUT2D eigenvalue weighted by Gasteiger charge is -2.27. The summed E-state index contributed by atoms with van der Waals surface area (Å²) in [6.07, 6.45) is 2.58. The second-order valence-electron chi connectivity index (χ2n) is 3.89. The van der Waals surface area contributed by atoms with Gasteiger partial charge in [0.2, 0.25) is 11.8 Å². The van der Waals surface area contributed by atoms with Crippen LogP contribution in [0.25, 0.3) is 0 Å². The van der Waals surface area contributed by atoms with Crippen molar-refractivity contribution in [2.24, 2.45) is 5.73 Å². The maximum absolute atomic E-state index is 5.71. The van der Waals surface area contributed by atoms with Crippen molar-refractivity contribution in [3.8, 4) is 5.88 Å². The van der Waals surface area contributed by atoms with Crippen LogP contribution in [0.4, 0.5) is 5.95 Å². The molecule has 5 heteroatoms. The number of nitrogens with two attached hydrogens (primary N) is 1. The largest absolute Gasteiger partial charge is 0.478 e. The van der Waals surface area contributed by atoms with Gasteiger partial charge in [-0.1, -0.05) is 6.92 Å². The van der Waals surface area contributed by atoms with Gasteiger partial charge in [0.1, 0.15) is 0 Å². The van der Waals surface area contributed by atoms with Crippen LogP contribution in [0.15, 0.2) is 12.3 Å². The maximum Gasteiger partial charge on any atom is 0.226 e. The highest BCUT2D eigenvalue weighted by molar-refractivity contribution is 5.31. The Balaban J connectivity index is 2.76. The quantitative estimate of drug-likeness (QED) is 0.764. The summed E-state index contributed by atoms with van der Waals surface area (Å²) in [5.41, 5.74) is 5.54. The molecule has 1 rings (SSSR count). The van der Waals surface area contributed by atoms with Crippen molar-refractivity contribution >= 4 is 5.95 Å². The molecule has 0 aliphatic heterocycles. The number of anilines is 1. The van der Waals surface area contributed by atoms with Gasteiger partial charge in [0.25, 0.3) is 0 Å². The predicted molar refractivity (Wildman–Crippen MR) is 64.6 cm³/mol. The van der Waals surface area contributed by atoms with Gasteiger partial charge in [-0.25, -0.2) is 4.98 Å². The SMILES string of the molecule is CCOc1ccnc(NC(C)(CC)CN)n1. The average Bonchev–Trinajstić information content (AvgIpc) is 2.30. The molecule has 0 saturated heterocycles. The van der Waals surface area contributed by atoms with E-state index in [1.807, 2.05) is 13.8 Å². The summed E-state index contributed by atoms with van der Waals surface area (Å²) in [5, 5.41) is 3.23. The molecule has 0 bridgehead atoms. The first kappa shape index (κ1) is 12.7. The van der Waals surface area contributed by atoms with Crippen LogP contribution in [0.3, 0.4) is 0 Å². The molecule has 1 atom stereocenters. The Bertz CT molecular complexity index is 326. The fraction of sp³-hybridized carbons (Fsp3) is 0.636. The van der Waals surface area contributed by atoms with Crippen LogP contribution in [0.2, 0.25) is 0 Å². The zero-order valence-electron chi connectivity index (χ0n) is 10.2. The van der Waals surface area contributed by atoms with Crippen molar-refractivity contribution < 1.29 is 4.74 Å². The van der Waals surface area contributed by atoms with Gasteiger partial charge in [-0.05, 0) is 20.3 Å². The Labute approximate surface area is 96.4 Å². The van der Waals surface area contributed by atoms with Crippen LogP contribution in [-0.4, -0.2) is 28.7 Å². The molecule has 3 N–H and O–H groups in total. The van der Waals surface area contributed by atoms with Gasteiger partial charge in [0, 0.05) is 24.3 Å². The van der Waals surface area contributed by atoms with Crippen LogP contribution < -0.4 is 15.8 Å². The third kappa shape index (κ3) is 3.34. The molecule has 1 unspecified atom stereocenters. The summed E-state index contributed by atoms with van der Waals surface area (Å²) in [4.78, 5) is 8.39. The highest BCUT2D eigenvalue weighted by Crippen LogP contribution is 2.15. The highest BCUT2D eigenvalue weighted by atomic mass is 16.5. The Morgan fingerprint density at radius 1 is 1.50 bits per heavy atom.